The maximum atomic E-state index is 12.9. The minimum Gasteiger partial charge on any atom is -0.342 e. The van der Waals surface area contributed by atoms with Crippen molar-refractivity contribution >= 4 is 23.2 Å². The van der Waals surface area contributed by atoms with E-state index in [1.807, 2.05) is 18.7 Å². The molecule has 3 heterocycles. The van der Waals surface area contributed by atoms with Gasteiger partial charge < -0.3 is 9.80 Å². The molecule has 2 saturated heterocycles. The van der Waals surface area contributed by atoms with Gasteiger partial charge in [-0.25, -0.2) is 4.98 Å². The van der Waals surface area contributed by atoms with Crippen molar-refractivity contribution in [1.82, 2.24) is 14.8 Å². The summed E-state index contributed by atoms with van der Waals surface area (Å²) in [6.07, 6.45) is 6.37. The van der Waals surface area contributed by atoms with E-state index in [2.05, 4.69) is 16.8 Å². The smallest absolute Gasteiger partial charge is 0.227 e. The monoisotopic (exact) mass is 377 g/mol. The number of carbonyl (C=O) groups excluding carboxylic acids is 2. The summed E-state index contributed by atoms with van der Waals surface area (Å²) in [7, 11) is 0. The van der Waals surface area contributed by atoms with Gasteiger partial charge >= 0.3 is 0 Å². The average Bonchev–Trinajstić information content (AvgIpc) is 2.93. The van der Waals surface area contributed by atoms with Crippen LogP contribution < -0.4 is 0 Å². The molecule has 5 nitrogen and oxygen atoms in total. The maximum Gasteiger partial charge on any atom is 0.227 e. The summed E-state index contributed by atoms with van der Waals surface area (Å²) >= 11 is 1.63. The third kappa shape index (κ3) is 4.27. The van der Waals surface area contributed by atoms with E-state index in [0.29, 0.717) is 18.7 Å². The fourth-order valence-electron chi connectivity index (χ4n) is 4.40. The molecule has 26 heavy (non-hydrogen) atoms. The number of piperidine rings is 2. The second kappa shape index (κ2) is 8.07. The second-order valence-corrected chi connectivity index (χ2v) is 9.29. The molecule has 144 valence electrons. The molecule has 2 fully saturated rings. The zero-order valence-corrected chi connectivity index (χ0v) is 17.2. The van der Waals surface area contributed by atoms with Gasteiger partial charge in [0.2, 0.25) is 11.8 Å². The van der Waals surface area contributed by atoms with Crippen LogP contribution in [-0.4, -0.2) is 52.8 Å². The summed E-state index contributed by atoms with van der Waals surface area (Å²) in [4.78, 5) is 34.8. The lowest BCUT2D eigenvalue weighted by molar-refractivity contribution is -0.142. The van der Waals surface area contributed by atoms with Gasteiger partial charge in [-0.3, -0.25) is 9.59 Å². The Kier molecular flexibility index (Phi) is 6.00. The first-order chi connectivity index (χ1) is 12.4. The van der Waals surface area contributed by atoms with Crippen LogP contribution in [0.2, 0.25) is 0 Å². The van der Waals surface area contributed by atoms with Crippen LogP contribution in [0, 0.1) is 19.3 Å². The van der Waals surface area contributed by atoms with Crippen LogP contribution in [0.4, 0.5) is 0 Å². The molecule has 2 amide bonds. The highest BCUT2D eigenvalue weighted by atomic mass is 32.1. The van der Waals surface area contributed by atoms with Crippen molar-refractivity contribution in [3.8, 4) is 0 Å². The first-order valence-corrected chi connectivity index (χ1v) is 10.7. The summed E-state index contributed by atoms with van der Waals surface area (Å²) in [5.41, 5.74) is 1.09. The SMILES string of the molecule is CCCCN1CC2(CCCN(C(=O)Cc3sc(C)nc3C)C2)CCC1=O. The first-order valence-electron chi connectivity index (χ1n) is 9.91. The molecular weight excluding hydrogens is 346 g/mol. The molecule has 1 aromatic heterocycles. The molecule has 1 atom stereocenters. The average molecular weight is 378 g/mol. The van der Waals surface area contributed by atoms with Crippen molar-refractivity contribution in [2.45, 2.75) is 65.7 Å². The summed E-state index contributed by atoms with van der Waals surface area (Å²) in [5.74, 6) is 0.510. The summed E-state index contributed by atoms with van der Waals surface area (Å²) in [5, 5.41) is 1.03. The molecule has 1 spiro atoms. The fraction of sp³-hybridized carbons (Fsp3) is 0.750. The van der Waals surface area contributed by atoms with Crippen LogP contribution in [-0.2, 0) is 16.0 Å². The topological polar surface area (TPSA) is 53.5 Å². The lowest BCUT2D eigenvalue weighted by atomic mass is 9.73. The molecular formula is C20H31N3O2S. The molecule has 0 aliphatic carbocycles. The largest absolute Gasteiger partial charge is 0.342 e. The molecule has 0 saturated carbocycles. The molecule has 3 rings (SSSR count). The van der Waals surface area contributed by atoms with Gasteiger partial charge in [0.05, 0.1) is 17.1 Å². The van der Waals surface area contributed by atoms with Crippen molar-refractivity contribution in [3.63, 3.8) is 0 Å². The van der Waals surface area contributed by atoms with Crippen LogP contribution in [0.1, 0.15) is 61.0 Å². The number of likely N-dealkylation sites (tertiary alicyclic amines) is 2. The van der Waals surface area contributed by atoms with Gasteiger partial charge in [-0.2, -0.15) is 0 Å². The molecule has 0 aromatic carbocycles. The molecule has 1 aromatic rings. The Hall–Kier alpha value is -1.43. The second-order valence-electron chi connectivity index (χ2n) is 8.01. The van der Waals surface area contributed by atoms with E-state index in [1.165, 1.54) is 0 Å². The van der Waals surface area contributed by atoms with Crippen LogP contribution in [0.3, 0.4) is 0 Å². The van der Waals surface area contributed by atoms with E-state index >= 15 is 0 Å². The number of aromatic nitrogens is 1. The molecule has 1 unspecified atom stereocenters. The lowest BCUT2D eigenvalue weighted by Gasteiger charge is -2.48. The minimum atomic E-state index is 0.105. The summed E-state index contributed by atoms with van der Waals surface area (Å²) < 4.78 is 0. The number of aryl methyl sites for hydroxylation is 2. The van der Waals surface area contributed by atoms with Gasteiger partial charge in [0, 0.05) is 42.9 Å². The van der Waals surface area contributed by atoms with Crippen molar-refractivity contribution in [1.29, 1.82) is 0 Å². The third-order valence-electron chi connectivity index (χ3n) is 5.86. The predicted octanol–water partition coefficient (Wildman–Crippen LogP) is 3.33. The van der Waals surface area contributed by atoms with Crippen LogP contribution in [0.5, 0.6) is 0 Å². The van der Waals surface area contributed by atoms with E-state index in [4.69, 9.17) is 0 Å². The predicted molar refractivity (Wildman–Crippen MR) is 104 cm³/mol. The quantitative estimate of drug-likeness (QED) is 0.791. The van der Waals surface area contributed by atoms with Gasteiger partial charge in [-0.15, -0.1) is 11.3 Å². The van der Waals surface area contributed by atoms with Gasteiger partial charge in [0.1, 0.15) is 0 Å². The Morgan fingerprint density at radius 2 is 2.08 bits per heavy atom. The number of nitrogens with zero attached hydrogens (tertiary/aromatic N) is 3. The van der Waals surface area contributed by atoms with E-state index in [0.717, 1.165) is 73.9 Å². The molecule has 6 heteroatoms. The van der Waals surface area contributed by atoms with Gasteiger partial charge in [0.15, 0.2) is 0 Å². The Balaban J connectivity index is 1.65. The number of unbranched alkanes of at least 4 members (excludes halogenated alkanes) is 1. The number of amides is 2. The highest BCUT2D eigenvalue weighted by Gasteiger charge is 2.42. The third-order valence-corrected chi connectivity index (χ3v) is 6.93. The number of rotatable bonds is 5. The zero-order chi connectivity index (χ0) is 18.7. The summed E-state index contributed by atoms with van der Waals surface area (Å²) in [6.45, 7) is 9.49. The van der Waals surface area contributed by atoms with Crippen molar-refractivity contribution in [3.05, 3.63) is 15.6 Å². The molecule has 0 bridgehead atoms. The zero-order valence-electron chi connectivity index (χ0n) is 16.3. The van der Waals surface area contributed by atoms with E-state index in [-0.39, 0.29) is 11.3 Å². The lowest BCUT2D eigenvalue weighted by Crippen LogP contribution is -2.55. The molecule has 0 N–H and O–H groups in total. The van der Waals surface area contributed by atoms with Crippen LogP contribution in [0.15, 0.2) is 0 Å². The Morgan fingerprint density at radius 3 is 2.77 bits per heavy atom. The Labute approximate surface area is 160 Å². The molecule has 2 aliphatic rings. The Morgan fingerprint density at radius 1 is 1.27 bits per heavy atom. The van der Waals surface area contributed by atoms with Gasteiger partial charge in [-0.05, 0) is 39.5 Å². The van der Waals surface area contributed by atoms with Crippen molar-refractivity contribution in [2.24, 2.45) is 5.41 Å². The molecule has 2 aliphatic heterocycles. The highest BCUT2D eigenvalue weighted by molar-refractivity contribution is 7.11. The molecule has 0 radical (unpaired) electrons. The fourth-order valence-corrected chi connectivity index (χ4v) is 5.32. The normalized spacial score (nSPS) is 23.7. The first kappa shape index (κ1) is 19.3. The Bertz CT molecular complexity index is 672. The number of thiazole rings is 1. The number of carbonyl (C=O) groups is 2. The summed E-state index contributed by atoms with van der Waals surface area (Å²) in [6, 6.07) is 0. The van der Waals surface area contributed by atoms with Crippen molar-refractivity contribution in [2.75, 3.05) is 26.2 Å². The number of hydrogen-bond acceptors (Lipinski definition) is 4. The van der Waals surface area contributed by atoms with Crippen LogP contribution in [0.25, 0.3) is 0 Å². The van der Waals surface area contributed by atoms with Crippen molar-refractivity contribution < 1.29 is 9.59 Å². The highest BCUT2D eigenvalue weighted by Crippen LogP contribution is 2.39. The minimum absolute atomic E-state index is 0.105. The number of hydrogen-bond donors (Lipinski definition) is 0. The van der Waals surface area contributed by atoms with E-state index in [1.54, 1.807) is 11.3 Å². The van der Waals surface area contributed by atoms with Gasteiger partial charge in [0.25, 0.3) is 0 Å². The standard InChI is InChI=1S/C20H31N3O2S/c1-4-5-10-22-13-20(9-7-18(22)24)8-6-11-23(14-20)19(25)12-17-15(2)21-16(3)26-17/h4-14H2,1-3H3. The van der Waals surface area contributed by atoms with Crippen LogP contribution >= 0.6 is 11.3 Å². The van der Waals surface area contributed by atoms with E-state index < -0.39 is 0 Å². The van der Waals surface area contributed by atoms with Gasteiger partial charge in [-0.1, -0.05) is 13.3 Å². The van der Waals surface area contributed by atoms with E-state index in [9.17, 15) is 9.59 Å². The maximum absolute atomic E-state index is 12.9.